The van der Waals surface area contributed by atoms with Crippen molar-refractivity contribution in [2.75, 3.05) is 6.61 Å². The first-order valence-corrected chi connectivity index (χ1v) is 14.1. The molecule has 0 aromatic heterocycles. The molecule has 1 heterocycles. The Kier molecular flexibility index (Phi) is 11.3. The molecule has 3 atom stereocenters. The molecule has 1 saturated heterocycles. The second kappa shape index (κ2) is 13.9. The molecule has 3 fully saturated rings. The molecule has 4 heteroatoms. The topological polar surface area (TPSA) is 44.8 Å². The highest BCUT2D eigenvalue weighted by atomic mass is 16.7. The van der Waals surface area contributed by atoms with Gasteiger partial charge in [-0.05, 0) is 70.6 Å². The van der Waals surface area contributed by atoms with Crippen LogP contribution >= 0.6 is 0 Å². The van der Waals surface area contributed by atoms with E-state index in [4.69, 9.17) is 14.2 Å². The van der Waals surface area contributed by atoms with Crippen LogP contribution in [0.1, 0.15) is 124 Å². The maximum absolute atomic E-state index is 12.7. The molecule has 3 rings (SSSR count). The summed E-state index contributed by atoms with van der Waals surface area (Å²) in [6.45, 7) is 7.59. The summed E-state index contributed by atoms with van der Waals surface area (Å²) in [5.41, 5.74) is 0. The van der Waals surface area contributed by atoms with E-state index in [2.05, 4.69) is 20.8 Å². The van der Waals surface area contributed by atoms with Gasteiger partial charge in [0.05, 0.1) is 18.6 Å². The summed E-state index contributed by atoms with van der Waals surface area (Å²) < 4.78 is 18.4. The van der Waals surface area contributed by atoms with E-state index in [0.29, 0.717) is 11.8 Å². The molecule has 2 aliphatic carbocycles. The number of esters is 1. The number of hydrogen-bond acceptors (Lipinski definition) is 4. The standard InChI is InChI=1S/C28H50O4/c1-4-6-7-8-9-11-25-20-30-28(31-21(25)3)24-16-14-23(15-17-24)27(29)32-26-18-12-22(10-5-2)13-19-26/h21-26,28H,4-20H2,1-3H3/t21?,22-,23-,24-,25?,26-,28?. The summed E-state index contributed by atoms with van der Waals surface area (Å²) in [5.74, 6) is 1.95. The Morgan fingerprint density at radius 3 is 2.22 bits per heavy atom. The molecule has 0 N–H and O–H groups in total. The second-order valence-corrected chi connectivity index (χ2v) is 11.0. The predicted octanol–water partition coefficient (Wildman–Crippen LogP) is 7.43. The molecular formula is C28H50O4. The summed E-state index contributed by atoms with van der Waals surface area (Å²) in [6.07, 6.45) is 19.3. The van der Waals surface area contributed by atoms with Crippen molar-refractivity contribution in [3.63, 3.8) is 0 Å². The number of unbranched alkanes of at least 4 members (excludes halogenated alkanes) is 4. The van der Waals surface area contributed by atoms with Crippen molar-refractivity contribution in [2.24, 2.45) is 23.7 Å². The Labute approximate surface area is 197 Å². The number of rotatable bonds is 11. The number of carbonyl (C=O) groups excluding carboxylic acids is 1. The van der Waals surface area contributed by atoms with Gasteiger partial charge in [-0.3, -0.25) is 4.79 Å². The second-order valence-electron chi connectivity index (χ2n) is 11.0. The lowest BCUT2D eigenvalue weighted by Gasteiger charge is -2.40. The third-order valence-corrected chi connectivity index (χ3v) is 8.43. The van der Waals surface area contributed by atoms with Crippen LogP contribution in [-0.2, 0) is 19.0 Å². The molecule has 0 radical (unpaired) electrons. The van der Waals surface area contributed by atoms with Gasteiger partial charge in [0, 0.05) is 11.8 Å². The molecule has 3 aliphatic rings. The average molecular weight is 451 g/mol. The molecule has 2 saturated carbocycles. The zero-order valence-electron chi connectivity index (χ0n) is 21.2. The Bertz CT molecular complexity index is 520. The lowest BCUT2D eigenvalue weighted by Crippen LogP contribution is -2.43. The van der Waals surface area contributed by atoms with Crippen molar-refractivity contribution in [2.45, 2.75) is 142 Å². The fourth-order valence-corrected chi connectivity index (χ4v) is 6.13. The van der Waals surface area contributed by atoms with E-state index in [1.165, 1.54) is 64.2 Å². The van der Waals surface area contributed by atoms with Crippen LogP contribution in [0.4, 0.5) is 0 Å². The van der Waals surface area contributed by atoms with Gasteiger partial charge in [0.2, 0.25) is 0 Å². The van der Waals surface area contributed by atoms with Crippen LogP contribution in [0.25, 0.3) is 0 Å². The third-order valence-electron chi connectivity index (χ3n) is 8.43. The molecule has 0 aromatic rings. The average Bonchev–Trinajstić information content (AvgIpc) is 2.81. The monoisotopic (exact) mass is 450 g/mol. The first kappa shape index (κ1) is 26.0. The van der Waals surface area contributed by atoms with Gasteiger partial charge in [0.15, 0.2) is 6.29 Å². The van der Waals surface area contributed by atoms with E-state index in [1.807, 2.05) is 0 Å². The maximum atomic E-state index is 12.7. The Hall–Kier alpha value is -0.610. The molecule has 4 nitrogen and oxygen atoms in total. The van der Waals surface area contributed by atoms with Crippen molar-refractivity contribution < 1.29 is 19.0 Å². The van der Waals surface area contributed by atoms with E-state index < -0.39 is 0 Å². The minimum Gasteiger partial charge on any atom is -0.462 e. The first-order valence-electron chi connectivity index (χ1n) is 14.1. The van der Waals surface area contributed by atoms with Crippen LogP contribution in [0.2, 0.25) is 0 Å². The zero-order chi connectivity index (χ0) is 22.8. The molecule has 32 heavy (non-hydrogen) atoms. The number of ether oxygens (including phenoxy) is 3. The highest BCUT2D eigenvalue weighted by Gasteiger charge is 2.37. The fraction of sp³-hybridized carbons (Fsp3) is 0.964. The van der Waals surface area contributed by atoms with Crippen LogP contribution in [0.15, 0.2) is 0 Å². The summed E-state index contributed by atoms with van der Waals surface area (Å²) >= 11 is 0. The van der Waals surface area contributed by atoms with Crippen LogP contribution in [0.3, 0.4) is 0 Å². The van der Waals surface area contributed by atoms with Crippen LogP contribution in [0.5, 0.6) is 0 Å². The fourth-order valence-electron chi connectivity index (χ4n) is 6.13. The van der Waals surface area contributed by atoms with Gasteiger partial charge in [0.25, 0.3) is 0 Å². The highest BCUT2D eigenvalue weighted by molar-refractivity contribution is 5.72. The van der Waals surface area contributed by atoms with E-state index in [9.17, 15) is 4.79 Å². The molecule has 3 unspecified atom stereocenters. The molecule has 0 spiro atoms. The number of hydrogen-bond donors (Lipinski definition) is 0. The molecule has 0 amide bonds. The first-order chi connectivity index (χ1) is 15.6. The van der Waals surface area contributed by atoms with E-state index in [0.717, 1.165) is 51.0 Å². The Balaban J connectivity index is 1.31. The van der Waals surface area contributed by atoms with Crippen molar-refractivity contribution in [3.8, 4) is 0 Å². The third kappa shape index (κ3) is 8.01. The smallest absolute Gasteiger partial charge is 0.309 e. The van der Waals surface area contributed by atoms with Gasteiger partial charge in [-0.25, -0.2) is 0 Å². The van der Waals surface area contributed by atoms with E-state index in [-0.39, 0.29) is 30.4 Å². The summed E-state index contributed by atoms with van der Waals surface area (Å²) in [5, 5.41) is 0. The van der Waals surface area contributed by atoms with Gasteiger partial charge in [-0.15, -0.1) is 0 Å². The SMILES string of the molecule is CCCCCCCC1COC([C@H]2CC[C@H](C(=O)O[C@H]3CC[C@H](CCC)CC3)CC2)OC1C. The van der Waals surface area contributed by atoms with Crippen molar-refractivity contribution in [1.29, 1.82) is 0 Å². The van der Waals surface area contributed by atoms with Gasteiger partial charge < -0.3 is 14.2 Å². The quantitative estimate of drug-likeness (QED) is 0.242. The van der Waals surface area contributed by atoms with Gasteiger partial charge >= 0.3 is 5.97 Å². The Morgan fingerprint density at radius 1 is 0.844 bits per heavy atom. The Morgan fingerprint density at radius 2 is 1.56 bits per heavy atom. The molecule has 1 aliphatic heterocycles. The maximum Gasteiger partial charge on any atom is 0.309 e. The van der Waals surface area contributed by atoms with Crippen molar-refractivity contribution >= 4 is 5.97 Å². The molecule has 186 valence electrons. The van der Waals surface area contributed by atoms with Crippen molar-refractivity contribution in [1.82, 2.24) is 0 Å². The lowest BCUT2D eigenvalue weighted by molar-refractivity contribution is -0.257. The van der Waals surface area contributed by atoms with Gasteiger partial charge in [0.1, 0.15) is 6.10 Å². The highest BCUT2D eigenvalue weighted by Crippen LogP contribution is 2.37. The van der Waals surface area contributed by atoms with Crippen LogP contribution < -0.4 is 0 Å². The van der Waals surface area contributed by atoms with E-state index >= 15 is 0 Å². The predicted molar refractivity (Wildman–Crippen MR) is 129 cm³/mol. The normalized spacial score (nSPS) is 36.0. The summed E-state index contributed by atoms with van der Waals surface area (Å²) in [7, 11) is 0. The zero-order valence-corrected chi connectivity index (χ0v) is 21.2. The lowest BCUT2D eigenvalue weighted by atomic mass is 9.81. The number of carbonyl (C=O) groups is 1. The molecule has 0 aromatic carbocycles. The minimum atomic E-state index is -0.0767. The summed E-state index contributed by atoms with van der Waals surface area (Å²) in [4.78, 5) is 12.7. The van der Waals surface area contributed by atoms with Gasteiger partial charge in [-0.1, -0.05) is 58.8 Å². The minimum absolute atomic E-state index is 0.0596. The molecular weight excluding hydrogens is 400 g/mol. The molecule has 0 bridgehead atoms. The van der Waals surface area contributed by atoms with E-state index in [1.54, 1.807) is 0 Å². The van der Waals surface area contributed by atoms with Crippen LogP contribution in [-0.4, -0.2) is 31.1 Å². The van der Waals surface area contributed by atoms with Crippen LogP contribution in [0, 0.1) is 23.7 Å². The largest absolute Gasteiger partial charge is 0.462 e. The summed E-state index contributed by atoms with van der Waals surface area (Å²) in [6, 6.07) is 0. The van der Waals surface area contributed by atoms with Gasteiger partial charge in [-0.2, -0.15) is 0 Å². The van der Waals surface area contributed by atoms with Crippen molar-refractivity contribution in [3.05, 3.63) is 0 Å².